The summed E-state index contributed by atoms with van der Waals surface area (Å²) in [6.07, 6.45) is 2.61. The molecule has 5 nitrogen and oxygen atoms in total. The minimum Gasteiger partial charge on any atom is -0.388 e. The summed E-state index contributed by atoms with van der Waals surface area (Å²) in [5, 5.41) is 14.4. The molecule has 2 aromatic rings. The first kappa shape index (κ1) is 14.2. The highest BCUT2D eigenvalue weighted by molar-refractivity contribution is 5.17. The molecule has 0 amide bonds. The average molecular weight is 287 g/mol. The molecule has 21 heavy (non-hydrogen) atoms. The van der Waals surface area contributed by atoms with Gasteiger partial charge in [-0.3, -0.25) is 4.90 Å². The molecule has 1 aliphatic heterocycles. The van der Waals surface area contributed by atoms with Gasteiger partial charge in [-0.2, -0.15) is 4.98 Å². The van der Waals surface area contributed by atoms with Crippen LogP contribution in [0.2, 0.25) is 0 Å². The second-order valence-electron chi connectivity index (χ2n) is 5.66. The Bertz CT molecular complexity index is 570. The summed E-state index contributed by atoms with van der Waals surface area (Å²) in [5.41, 5.74) is 0.986. The van der Waals surface area contributed by atoms with Crippen molar-refractivity contribution < 1.29 is 9.63 Å². The van der Waals surface area contributed by atoms with Gasteiger partial charge in [0.15, 0.2) is 5.82 Å². The lowest BCUT2D eigenvalue weighted by Gasteiger charge is -2.25. The van der Waals surface area contributed by atoms with E-state index in [9.17, 15) is 5.11 Å². The maximum Gasteiger partial charge on any atom is 0.223 e. The highest BCUT2D eigenvalue weighted by atomic mass is 16.5. The quantitative estimate of drug-likeness (QED) is 0.915. The van der Waals surface area contributed by atoms with Gasteiger partial charge in [-0.25, -0.2) is 0 Å². The zero-order valence-electron chi connectivity index (χ0n) is 12.3. The summed E-state index contributed by atoms with van der Waals surface area (Å²) in [6.45, 7) is 3.53. The molecule has 1 N–H and O–H groups in total. The van der Waals surface area contributed by atoms with Crippen molar-refractivity contribution in [3.05, 3.63) is 47.6 Å². The zero-order chi connectivity index (χ0) is 14.7. The van der Waals surface area contributed by atoms with E-state index in [-0.39, 0.29) is 0 Å². The number of hydrogen-bond acceptors (Lipinski definition) is 5. The number of aliphatic hydroxyl groups is 1. The number of likely N-dealkylation sites (tertiary alicyclic amines) is 1. The van der Waals surface area contributed by atoms with Crippen LogP contribution in [0.25, 0.3) is 0 Å². The molecule has 2 atom stereocenters. The maximum absolute atomic E-state index is 10.4. The molecule has 2 heterocycles. The first-order valence-electron chi connectivity index (χ1n) is 7.48. The Balaban J connectivity index is 1.61. The summed E-state index contributed by atoms with van der Waals surface area (Å²) in [4.78, 5) is 6.61. The number of nitrogens with zero attached hydrogens (tertiary/aromatic N) is 3. The average Bonchev–Trinajstić information content (AvgIpc) is 3.10. The standard InChI is InChI=1S/C16H21N3O2/c1-12-17-16(18-21-12)11-19-9-5-8-14(19)10-15(20)13-6-3-2-4-7-13/h2-4,6-7,14-15,20H,5,8-11H2,1H3. The lowest BCUT2D eigenvalue weighted by atomic mass is 10.0. The smallest absolute Gasteiger partial charge is 0.223 e. The molecule has 0 saturated carbocycles. The molecular formula is C16H21N3O2. The minimum absolute atomic E-state index is 0.374. The monoisotopic (exact) mass is 287 g/mol. The number of aliphatic hydroxyl groups excluding tert-OH is 1. The van der Waals surface area contributed by atoms with Crippen molar-refractivity contribution in [1.29, 1.82) is 0 Å². The van der Waals surface area contributed by atoms with Crippen LogP contribution in [0.5, 0.6) is 0 Å². The topological polar surface area (TPSA) is 62.4 Å². The molecule has 0 bridgehead atoms. The van der Waals surface area contributed by atoms with Crippen LogP contribution in [0.4, 0.5) is 0 Å². The van der Waals surface area contributed by atoms with Crippen molar-refractivity contribution in [3.63, 3.8) is 0 Å². The Hall–Kier alpha value is -1.72. The van der Waals surface area contributed by atoms with Crippen molar-refractivity contribution in [1.82, 2.24) is 15.0 Å². The van der Waals surface area contributed by atoms with Crippen LogP contribution in [0, 0.1) is 6.92 Å². The van der Waals surface area contributed by atoms with Gasteiger partial charge in [0.1, 0.15) is 0 Å². The summed E-state index contributed by atoms with van der Waals surface area (Å²) < 4.78 is 5.02. The van der Waals surface area contributed by atoms with Crippen LogP contribution in [0.15, 0.2) is 34.9 Å². The van der Waals surface area contributed by atoms with Gasteiger partial charge in [-0.15, -0.1) is 0 Å². The summed E-state index contributed by atoms with van der Waals surface area (Å²) in [5.74, 6) is 1.33. The largest absolute Gasteiger partial charge is 0.388 e. The van der Waals surface area contributed by atoms with E-state index in [1.165, 1.54) is 0 Å². The maximum atomic E-state index is 10.4. The molecule has 5 heteroatoms. The van der Waals surface area contributed by atoms with Gasteiger partial charge in [0.2, 0.25) is 5.89 Å². The summed E-state index contributed by atoms with van der Waals surface area (Å²) in [6, 6.07) is 10.2. The van der Waals surface area contributed by atoms with Crippen molar-refractivity contribution in [3.8, 4) is 0 Å². The van der Waals surface area contributed by atoms with Gasteiger partial charge < -0.3 is 9.63 Å². The van der Waals surface area contributed by atoms with E-state index in [1.807, 2.05) is 30.3 Å². The highest BCUT2D eigenvalue weighted by Gasteiger charge is 2.28. The third-order valence-electron chi connectivity index (χ3n) is 4.09. The Morgan fingerprint density at radius 3 is 2.90 bits per heavy atom. The van der Waals surface area contributed by atoms with Crippen LogP contribution in [-0.2, 0) is 6.54 Å². The van der Waals surface area contributed by atoms with E-state index in [0.29, 0.717) is 18.5 Å². The fraction of sp³-hybridized carbons (Fsp3) is 0.500. The van der Waals surface area contributed by atoms with Crippen molar-refractivity contribution >= 4 is 0 Å². The first-order valence-corrected chi connectivity index (χ1v) is 7.48. The second kappa shape index (κ2) is 6.37. The third kappa shape index (κ3) is 3.49. The summed E-state index contributed by atoms with van der Waals surface area (Å²) >= 11 is 0. The number of hydrogen-bond donors (Lipinski definition) is 1. The zero-order valence-corrected chi connectivity index (χ0v) is 12.3. The summed E-state index contributed by atoms with van der Waals surface area (Å²) in [7, 11) is 0. The van der Waals surface area contributed by atoms with Crippen molar-refractivity contribution in [2.24, 2.45) is 0 Å². The number of aryl methyl sites for hydroxylation is 1. The molecule has 1 saturated heterocycles. The molecule has 1 aliphatic rings. The van der Waals surface area contributed by atoms with Crippen LogP contribution < -0.4 is 0 Å². The SMILES string of the molecule is Cc1nc(CN2CCCC2CC(O)c2ccccc2)no1. The second-order valence-corrected chi connectivity index (χ2v) is 5.66. The Morgan fingerprint density at radius 1 is 1.38 bits per heavy atom. The molecule has 1 fully saturated rings. The van der Waals surface area contributed by atoms with Crippen LogP contribution in [0.3, 0.4) is 0 Å². The predicted molar refractivity (Wildman–Crippen MR) is 78.5 cm³/mol. The lowest BCUT2D eigenvalue weighted by Crippen LogP contribution is -2.30. The fourth-order valence-electron chi connectivity index (χ4n) is 3.03. The molecule has 0 radical (unpaired) electrons. The molecule has 0 spiro atoms. The van der Waals surface area contributed by atoms with E-state index in [0.717, 1.165) is 37.2 Å². The van der Waals surface area contributed by atoms with Crippen LogP contribution >= 0.6 is 0 Å². The molecule has 3 rings (SSSR count). The van der Waals surface area contributed by atoms with Gasteiger partial charge in [-0.1, -0.05) is 35.5 Å². The lowest BCUT2D eigenvalue weighted by molar-refractivity contribution is 0.116. The molecule has 2 unspecified atom stereocenters. The van der Waals surface area contributed by atoms with Crippen LogP contribution in [0.1, 0.15) is 42.6 Å². The molecule has 112 valence electrons. The van der Waals surface area contributed by atoms with E-state index >= 15 is 0 Å². The number of aromatic nitrogens is 2. The van der Waals surface area contributed by atoms with E-state index in [4.69, 9.17) is 4.52 Å². The third-order valence-corrected chi connectivity index (χ3v) is 4.09. The fourth-order valence-corrected chi connectivity index (χ4v) is 3.03. The van der Waals surface area contributed by atoms with Crippen molar-refractivity contribution in [2.75, 3.05) is 6.54 Å². The van der Waals surface area contributed by atoms with Crippen molar-refractivity contribution in [2.45, 2.75) is 44.9 Å². The first-order chi connectivity index (χ1) is 10.2. The van der Waals surface area contributed by atoms with E-state index in [1.54, 1.807) is 6.92 Å². The highest BCUT2D eigenvalue weighted by Crippen LogP contribution is 2.28. The number of benzene rings is 1. The van der Waals surface area contributed by atoms with E-state index < -0.39 is 6.10 Å². The Labute approximate surface area is 124 Å². The van der Waals surface area contributed by atoms with Gasteiger partial charge in [-0.05, 0) is 31.4 Å². The number of rotatable bonds is 5. The van der Waals surface area contributed by atoms with Crippen LogP contribution in [-0.4, -0.2) is 32.7 Å². The van der Waals surface area contributed by atoms with Gasteiger partial charge in [0.25, 0.3) is 0 Å². The van der Waals surface area contributed by atoms with Gasteiger partial charge in [0, 0.05) is 13.0 Å². The predicted octanol–water partition coefficient (Wildman–Crippen LogP) is 2.47. The van der Waals surface area contributed by atoms with Gasteiger partial charge in [0.05, 0.1) is 12.6 Å². The Kier molecular flexibility index (Phi) is 4.31. The molecule has 1 aromatic heterocycles. The van der Waals surface area contributed by atoms with Gasteiger partial charge >= 0.3 is 0 Å². The Morgan fingerprint density at radius 2 is 2.19 bits per heavy atom. The molecular weight excluding hydrogens is 266 g/mol. The minimum atomic E-state index is -0.413. The molecule has 0 aliphatic carbocycles. The van der Waals surface area contributed by atoms with E-state index in [2.05, 4.69) is 15.0 Å². The molecule has 1 aromatic carbocycles. The normalized spacial score (nSPS) is 20.8.